The van der Waals surface area contributed by atoms with Gasteiger partial charge in [-0.2, -0.15) is 0 Å². The number of aromatic nitrogens is 2. The molecule has 0 fully saturated rings. The van der Waals surface area contributed by atoms with Crippen LogP contribution < -0.4 is 0 Å². The average Bonchev–Trinajstić information content (AvgIpc) is 2.90. The van der Waals surface area contributed by atoms with Gasteiger partial charge < -0.3 is 9.97 Å². The monoisotopic (exact) mass is 645 g/mol. The molecule has 0 saturated heterocycles. The number of hydrogen-bond acceptors (Lipinski definition) is 2. The first kappa shape index (κ1) is 26.0. The maximum Gasteiger partial charge on any atom is 0.111 e. The van der Waals surface area contributed by atoms with Crippen LogP contribution in [0.1, 0.15) is 5.56 Å². The molecule has 0 spiro atoms. The van der Waals surface area contributed by atoms with Crippen molar-refractivity contribution in [2.45, 2.75) is 6.92 Å². The quantitative estimate of drug-likeness (QED) is 0.150. The van der Waals surface area contributed by atoms with Crippen molar-refractivity contribution in [3.63, 3.8) is 0 Å². The predicted octanol–water partition coefficient (Wildman–Crippen LogP) is 7.49. The van der Waals surface area contributed by atoms with E-state index in [1.807, 2.05) is 61.7 Å². The van der Waals surface area contributed by atoms with E-state index < -0.39 is 17.5 Å². The van der Waals surface area contributed by atoms with Crippen LogP contribution >= 0.6 is 0 Å². The summed E-state index contributed by atoms with van der Waals surface area (Å²) < 4.78 is 39.0. The summed E-state index contributed by atoms with van der Waals surface area (Å²) in [6.07, 6.45) is 3.43. The van der Waals surface area contributed by atoms with Crippen LogP contribution in [0.5, 0.6) is 0 Å². The fourth-order valence-corrected chi connectivity index (χ4v) is 3.19. The summed E-state index contributed by atoms with van der Waals surface area (Å²) >= 11 is 0. The molecule has 5 rings (SSSR count). The first-order chi connectivity index (χ1) is 16.5. The molecule has 177 valence electrons. The number of nitrogens with zero attached hydrogens (tertiary/aromatic N) is 2. The van der Waals surface area contributed by atoms with Crippen molar-refractivity contribution in [3.8, 4) is 33.6 Å². The second-order valence-corrected chi connectivity index (χ2v) is 7.43. The minimum Gasteiger partial charge on any atom is -0.304 e. The van der Waals surface area contributed by atoms with Crippen molar-refractivity contribution < 1.29 is 33.3 Å². The van der Waals surface area contributed by atoms with Gasteiger partial charge in [0.25, 0.3) is 0 Å². The molecule has 0 aliphatic carbocycles. The van der Waals surface area contributed by atoms with Gasteiger partial charge in [0.05, 0.1) is 11.6 Å². The zero-order valence-electron chi connectivity index (χ0n) is 18.6. The van der Waals surface area contributed by atoms with Crippen molar-refractivity contribution in [1.82, 2.24) is 9.97 Å². The Bertz CT molecular complexity index is 1300. The van der Waals surface area contributed by atoms with Gasteiger partial charge in [-0.25, -0.2) is 4.39 Å². The summed E-state index contributed by atoms with van der Waals surface area (Å²) in [7, 11) is 0. The second kappa shape index (κ2) is 12.2. The van der Waals surface area contributed by atoms with E-state index in [1.165, 1.54) is 17.8 Å². The molecule has 0 bridgehead atoms. The van der Waals surface area contributed by atoms with E-state index >= 15 is 0 Å². The molecule has 2 heterocycles. The van der Waals surface area contributed by atoms with Gasteiger partial charge in [0.15, 0.2) is 0 Å². The Morgan fingerprint density at radius 1 is 0.657 bits per heavy atom. The van der Waals surface area contributed by atoms with Crippen LogP contribution in [0.3, 0.4) is 0 Å². The molecule has 5 aromatic rings. The van der Waals surface area contributed by atoms with Crippen LogP contribution in [0.15, 0.2) is 97.3 Å². The normalized spacial score (nSPS) is 10.1. The van der Waals surface area contributed by atoms with Gasteiger partial charge in [0.2, 0.25) is 0 Å². The SMILES string of the molecule is Cc1ccc(-c2[c-]cc(F)c(F)c2F)nc1.[Ir].[c-]1ccccc1-c1ccc(-c2ccccc2)cn1. The van der Waals surface area contributed by atoms with Crippen LogP contribution in [-0.2, 0) is 20.1 Å². The molecule has 2 aromatic heterocycles. The summed E-state index contributed by atoms with van der Waals surface area (Å²) in [5.41, 5.74) is 5.25. The number of pyridine rings is 2. The molecule has 35 heavy (non-hydrogen) atoms. The molecular formula is C29H19F3IrN2-2. The van der Waals surface area contributed by atoms with Gasteiger partial charge in [-0.1, -0.05) is 60.2 Å². The van der Waals surface area contributed by atoms with E-state index in [0.29, 0.717) is 0 Å². The van der Waals surface area contributed by atoms with Gasteiger partial charge >= 0.3 is 0 Å². The van der Waals surface area contributed by atoms with Crippen molar-refractivity contribution in [1.29, 1.82) is 0 Å². The summed E-state index contributed by atoms with van der Waals surface area (Å²) in [6.45, 7) is 1.82. The van der Waals surface area contributed by atoms with Gasteiger partial charge in [0, 0.05) is 32.5 Å². The Morgan fingerprint density at radius 3 is 2.00 bits per heavy atom. The largest absolute Gasteiger partial charge is 0.304 e. The molecule has 2 nitrogen and oxygen atoms in total. The minimum absolute atomic E-state index is 0. The van der Waals surface area contributed by atoms with E-state index in [2.05, 4.69) is 40.3 Å². The average molecular weight is 645 g/mol. The standard InChI is InChI=1S/C17H12N.C12H7F3N.Ir/c1-3-7-14(8-4-1)16-11-12-17(18-13-16)15-9-5-2-6-10-15;1-7-2-5-10(16-6-7)8-3-4-9(13)12(15)11(8)14;/h1-9,11-13H;2,4-6H,1H3;/q2*-1;. The Hall–Kier alpha value is -3.60. The van der Waals surface area contributed by atoms with E-state index in [1.54, 1.807) is 6.07 Å². The Kier molecular flexibility index (Phi) is 9.07. The summed E-state index contributed by atoms with van der Waals surface area (Å²) in [5.74, 6) is -4.03. The van der Waals surface area contributed by atoms with Crippen molar-refractivity contribution >= 4 is 0 Å². The maximum absolute atomic E-state index is 13.4. The summed E-state index contributed by atoms with van der Waals surface area (Å²) in [6, 6.07) is 31.8. The third kappa shape index (κ3) is 6.50. The molecule has 0 N–H and O–H groups in total. The number of benzene rings is 3. The van der Waals surface area contributed by atoms with Gasteiger partial charge in [-0.3, -0.25) is 8.78 Å². The molecule has 0 amide bonds. The number of aryl methyl sites for hydroxylation is 1. The molecule has 6 heteroatoms. The van der Waals surface area contributed by atoms with Crippen LogP contribution in [0.25, 0.3) is 33.6 Å². The van der Waals surface area contributed by atoms with Crippen molar-refractivity contribution in [2.75, 3.05) is 0 Å². The van der Waals surface area contributed by atoms with E-state index in [0.717, 1.165) is 28.5 Å². The molecule has 0 saturated carbocycles. The molecule has 0 unspecified atom stereocenters. The van der Waals surface area contributed by atoms with Crippen molar-refractivity contribution in [3.05, 3.63) is 132 Å². The van der Waals surface area contributed by atoms with Crippen LogP contribution in [0, 0.1) is 36.5 Å². The molecule has 3 aromatic carbocycles. The van der Waals surface area contributed by atoms with Gasteiger partial charge in [-0.05, 0) is 35.0 Å². The zero-order valence-corrected chi connectivity index (χ0v) is 21.0. The molecule has 0 atom stereocenters. The van der Waals surface area contributed by atoms with Crippen LogP contribution in [0.2, 0.25) is 0 Å². The topological polar surface area (TPSA) is 25.8 Å². The third-order valence-corrected chi connectivity index (χ3v) is 4.99. The van der Waals surface area contributed by atoms with Crippen LogP contribution in [-0.4, -0.2) is 9.97 Å². The van der Waals surface area contributed by atoms with Crippen LogP contribution in [0.4, 0.5) is 13.2 Å². The van der Waals surface area contributed by atoms with Gasteiger partial charge in [-0.15, -0.1) is 48.0 Å². The third-order valence-electron chi connectivity index (χ3n) is 4.99. The molecule has 0 aliphatic rings. The Labute approximate surface area is 215 Å². The predicted molar refractivity (Wildman–Crippen MR) is 127 cm³/mol. The van der Waals surface area contributed by atoms with Crippen molar-refractivity contribution in [2.24, 2.45) is 0 Å². The second-order valence-electron chi connectivity index (χ2n) is 7.43. The summed E-state index contributed by atoms with van der Waals surface area (Å²) in [5, 5.41) is 0. The number of hydrogen-bond donors (Lipinski definition) is 0. The minimum atomic E-state index is -1.50. The fraction of sp³-hybridized carbons (Fsp3) is 0.0345. The maximum atomic E-state index is 13.4. The first-order valence-electron chi connectivity index (χ1n) is 10.5. The molecule has 0 aliphatic heterocycles. The zero-order chi connectivity index (χ0) is 23.9. The van der Waals surface area contributed by atoms with Gasteiger partial charge in [0.1, 0.15) is 5.82 Å². The van der Waals surface area contributed by atoms with E-state index in [-0.39, 0.29) is 31.4 Å². The smallest absolute Gasteiger partial charge is 0.111 e. The molecule has 1 radical (unpaired) electrons. The number of rotatable bonds is 3. The first-order valence-corrected chi connectivity index (χ1v) is 10.5. The Balaban J connectivity index is 0.000000192. The molecular weight excluding hydrogens is 626 g/mol. The summed E-state index contributed by atoms with van der Waals surface area (Å²) in [4.78, 5) is 8.41. The van der Waals surface area contributed by atoms with E-state index in [9.17, 15) is 13.2 Å². The van der Waals surface area contributed by atoms with E-state index in [4.69, 9.17) is 0 Å². The Morgan fingerprint density at radius 2 is 1.37 bits per heavy atom. The fourth-order valence-electron chi connectivity index (χ4n) is 3.19. The number of halogens is 3.